The van der Waals surface area contributed by atoms with E-state index in [0.29, 0.717) is 36.3 Å². The van der Waals surface area contributed by atoms with E-state index in [1.165, 1.54) is 0 Å². The molecule has 0 bridgehead atoms. The zero-order valence-electron chi connectivity index (χ0n) is 17.4. The number of nitrogens with zero attached hydrogens (tertiary/aromatic N) is 4. The first-order chi connectivity index (χ1) is 15.5. The summed E-state index contributed by atoms with van der Waals surface area (Å²) in [7, 11) is 1.60. The van der Waals surface area contributed by atoms with Gasteiger partial charge in [0.25, 0.3) is 5.91 Å². The van der Waals surface area contributed by atoms with E-state index < -0.39 is 5.91 Å². The second-order valence-electron chi connectivity index (χ2n) is 7.18. The molecule has 0 radical (unpaired) electrons. The van der Waals surface area contributed by atoms with Crippen molar-refractivity contribution in [3.05, 3.63) is 70.9 Å². The van der Waals surface area contributed by atoms with Gasteiger partial charge in [-0.05, 0) is 29.8 Å². The molecule has 1 amide bonds. The number of fused-ring (bicyclic) bond motifs is 1. The van der Waals surface area contributed by atoms with Crippen molar-refractivity contribution in [1.29, 1.82) is 5.26 Å². The third-order valence-corrected chi connectivity index (χ3v) is 5.71. The Morgan fingerprint density at radius 1 is 1.19 bits per heavy atom. The van der Waals surface area contributed by atoms with Crippen LogP contribution >= 0.6 is 11.6 Å². The zero-order valence-corrected chi connectivity index (χ0v) is 18.1. The third-order valence-electron chi connectivity index (χ3n) is 5.34. The van der Waals surface area contributed by atoms with Gasteiger partial charge < -0.3 is 25.3 Å². The van der Waals surface area contributed by atoms with E-state index in [4.69, 9.17) is 22.1 Å². The lowest BCUT2D eigenvalue weighted by Gasteiger charge is -2.32. The molecule has 0 atom stereocenters. The summed E-state index contributed by atoms with van der Waals surface area (Å²) in [5.74, 6) is 0.502. The van der Waals surface area contributed by atoms with Crippen LogP contribution in [0.3, 0.4) is 0 Å². The molecule has 0 saturated heterocycles. The van der Waals surface area contributed by atoms with Crippen molar-refractivity contribution < 1.29 is 9.53 Å². The molecule has 2 aromatic carbocycles. The Hall–Kier alpha value is -3.96. The minimum Gasteiger partial charge on any atom is -0.497 e. The SMILES string of the molecule is COc1ccc(N/C(=N\C#N)N2CCn3c(c(C(N)=O)c(Cl)c3-c3ccccc3)C2)cc1. The summed E-state index contributed by atoms with van der Waals surface area (Å²) in [6, 6.07) is 16.9. The topological polar surface area (TPSA) is 109 Å². The summed E-state index contributed by atoms with van der Waals surface area (Å²) in [5, 5.41) is 12.7. The number of nitrogens with two attached hydrogens (primary N) is 1. The molecule has 0 saturated carbocycles. The van der Waals surface area contributed by atoms with Gasteiger partial charge in [0, 0.05) is 18.8 Å². The number of carbonyl (C=O) groups is 1. The highest BCUT2D eigenvalue weighted by molar-refractivity contribution is 6.36. The van der Waals surface area contributed by atoms with Crippen molar-refractivity contribution in [2.45, 2.75) is 13.1 Å². The molecule has 32 heavy (non-hydrogen) atoms. The number of nitrogens with one attached hydrogen (secondary N) is 1. The lowest BCUT2D eigenvalue weighted by atomic mass is 10.1. The van der Waals surface area contributed by atoms with Crippen molar-refractivity contribution in [1.82, 2.24) is 9.47 Å². The number of ether oxygens (including phenoxy) is 1. The Balaban J connectivity index is 1.69. The van der Waals surface area contributed by atoms with Crippen molar-refractivity contribution in [2.75, 3.05) is 19.0 Å². The number of halogens is 1. The van der Waals surface area contributed by atoms with Gasteiger partial charge in [0.05, 0.1) is 35.6 Å². The second-order valence-corrected chi connectivity index (χ2v) is 7.55. The lowest BCUT2D eigenvalue weighted by Crippen LogP contribution is -2.42. The maximum absolute atomic E-state index is 12.3. The van der Waals surface area contributed by atoms with Crippen molar-refractivity contribution in [3.8, 4) is 23.2 Å². The number of guanidine groups is 1. The van der Waals surface area contributed by atoms with E-state index in [1.54, 1.807) is 7.11 Å². The Kier molecular flexibility index (Phi) is 6.01. The van der Waals surface area contributed by atoms with Gasteiger partial charge in [-0.2, -0.15) is 5.26 Å². The highest BCUT2D eigenvalue weighted by Gasteiger charge is 2.31. The molecule has 0 fully saturated rings. The highest BCUT2D eigenvalue weighted by Crippen LogP contribution is 2.37. The quantitative estimate of drug-likeness (QED) is 0.359. The molecule has 4 rings (SSSR count). The molecule has 3 aromatic rings. The summed E-state index contributed by atoms with van der Waals surface area (Å²) in [6.45, 7) is 1.41. The van der Waals surface area contributed by atoms with Crippen LogP contribution in [0.4, 0.5) is 5.69 Å². The number of aliphatic imine (C=N–C) groups is 1. The fourth-order valence-electron chi connectivity index (χ4n) is 3.86. The Bertz CT molecular complexity index is 1210. The van der Waals surface area contributed by atoms with E-state index in [0.717, 1.165) is 22.7 Å². The lowest BCUT2D eigenvalue weighted by molar-refractivity contribution is 0.0998. The molecule has 162 valence electrons. The van der Waals surface area contributed by atoms with Gasteiger partial charge in [0.1, 0.15) is 5.75 Å². The average molecular weight is 449 g/mol. The van der Waals surface area contributed by atoms with E-state index >= 15 is 0 Å². The summed E-state index contributed by atoms with van der Waals surface area (Å²) in [5.41, 5.74) is 9.09. The molecule has 8 nitrogen and oxygen atoms in total. The Labute approximate surface area is 190 Å². The summed E-state index contributed by atoms with van der Waals surface area (Å²) in [6.07, 6.45) is 1.85. The average Bonchev–Trinajstić information content (AvgIpc) is 3.11. The number of primary amides is 1. The standard InChI is InChI=1S/C23H21ClN6O2/c1-32-17-9-7-16(8-10-17)28-23(27-14-25)29-11-12-30-18(13-29)19(22(26)31)20(24)21(30)15-5-3-2-4-6-15/h2-10H,11-13H2,1H3,(H2,26,31)(H,27,28). The molecular formula is C23H21ClN6O2. The van der Waals surface area contributed by atoms with Crippen LogP contribution in [0.2, 0.25) is 5.02 Å². The predicted molar refractivity (Wildman–Crippen MR) is 123 cm³/mol. The Morgan fingerprint density at radius 2 is 1.91 bits per heavy atom. The van der Waals surface area contributed by atoms with Gasteiger partial charge in [-0.1, -0.05) is 41.9 Å². The van der Waals surface area contributed by atoms with Crippen molar-refractivity contribution >= 4 is 29.2 Å². The summed E-state index contributed by atoms with van der Waals surface area (Å²) in [4.78, 5) is 18.1. The van der Waals surface area contributed by atoms with E-state index in [9.17, 15) is 10.1 Å². The zero-order chi connectivity index (χ0) is 22.7. The summed E-state index contributed by atoms with van der Waals surface area (Å²) >= 11 is 6.65. The third kappa shape index (κ3) is 3.98. The fraction of sp³-hybridized carbons (Fsp3) is 0.174. The number of hydrogen-bond acceptors (Lipinski definition) is 4. The molecule has 0 aliphatic carbocycles. The van der Waals surface area contributed by atoms with Gasteiger partial charge in [-0.3, -0.25) is 4.79 Å². The minimum atomic E-state index is -0.593. The maximum Gasteiger partial charge on any atom is 0.252 e. The van der Waals surface area contributed by atoms with Crippen LogP contribution in [0.5, 0.6) is 5.75 Å². The number of nitriles is 1. The highest BCUT2D eigenvalue weighted by atomic mass is 35.5. The van der Waals surface area contributed by atoms with Crippen molar-refractivity contribution in [3.63, 3.8) is 0 Å². The molecule has 2 heterocycles. The van der Waals surface area contributed by atoms with Gasteiger partial charge in [0.15, 0.2) is 0 Å². The van der Waals surface area contributed by atoms with E-state index in [1.807, 2.05) is 70.3 Å². The number of amides is 1. The molecule has 1 aliphatic rings. The van der Waals surface area contributed by atoms with Crippen molar-refractivity contribution in [2.24, 2.45) is 10.7 Å². The number of carbonyl (C=O) groups excluding carboxylic acids is 1. The van der Waals surface area contributed by atoms with E-state index in [-0.39, 0.29) is 5.56 Å². The normalized spacial score (nSPS) is 13.3. The van der Waals surface area contributed by atoms with Gasteiger partial charge in [-0.15, -0.1) is 4.99 Å². The predicted octanol–water partition coefficient (Wildman–Crippen LogP) is 3.68. The number of anilines is 1. The molecule has 1 aromatic heterocycles. The summed E-state index contributed by atoms with van der Waals surface area (Å²) < 4.78 is 7.20. The second kappa shape index (κ2) is 9.04. The molecule has 1 aliphatic heterocycles. The smallest absolute Gasteiger partial charge is 0.252 e. The fourth-order valence-corrected chi connectivity index (χ4v) is 4.28. The van der Waals surface area contributed by atoms with Gasteiger partial charge in [0.2, 0.25) is 12.2 Å². The first-order valence-electron chi connectivity index (χ1n) is 9.92. The van der Waals surface area contributed by atoms with Crippen LogP contribution in [0, 0.1) is 11.5 Å². The number of rotatable bonds is 4. The van der Waals surface area contributed by atoms with Crippen LogP contribution in [-0.4, -0.2) is 35.0 Å². The molecular weight excluding hydrogens is 428 g/mol. The van der Waals surface area contributed by atoms with Crippen LogP contribution in [0.1, 0.15) is 16.1 Å². The van der Waals surface area contributed by atoms with Crippen LogP contribution in [0.15, 0.2) is 59.6 Å². The van der Waals surface area contributed by atoms with Gasteiger partial charge in [-0.25, -0.2) is 0 Å². The molecule has 0 spiro atoms. The monoisotopic (exact) mass is 448 g/mol. The van der Waals surface area contributed by atoms with Crippen LogP contribution in [-0.2, 0) is 13.1 Å². The largest absolute Gasteiger partial charge is 0.497 e. The molecule has 9 heteroatoms. The number of aromatic nitrogens is 1. The first-order valence-corrected chi connectivity index (χ1v) is 10.3. The van der Waals surface area contributed by atoms with Crippen LogP contribution in [0.25, 0.3) is 11.3 Å². The Morgan fingerprint density at radius 3 is 2.53 bits per heavy atom. The van der Waals surface area contributed by atoms with Crippen LogP contribution < -0.4 is 15.8 Å². The minimum absolute atomic E-state index is 0.288. The maximum atomic E-state index is 12.3. The number of hydrogen-bond donors (Lipinski definition) is 2. The first kappa shape index (κ1) is 21.3. The molecule has 0 unspecified atom stereocenters. The number of methoxy groups -OCH3 is 1. The number of benzene rings is 2. The van der Waals surface area contributed by atoms with E-state index in [2.05, 4.69) is 10.3 Å². The van der Waals surface area contributed by atoms with Gasteiger partial charge >= 0.3 is 0 Å². The molecule has 3 N–H and O–H groups in total.